The molecule has 0 amide bonds. The van der Waals surface area contributed by atoms with Crippen molar-refractivity contribution in [3.63, 3.8) is 0 Å². The highest BCUT2D eigenvalue weighted by molar-refractivity contribution is 5.51. The second-order valence-corrected chi connectivity index (χ2v) is 7.99. The number of benzene rings is 1. The molecular formula is C22H39NO4. The van der Waals surface area contributed by atoms with Crippen LogP contribution in [0.2, 0.25) is 0 Å². The third-order valence-electron chi connectivity index (χ3n) is 4.10. The molecule has 156 valence electrons. The van der Waals surface area contributed by atoms with Crippen molar-refractivity contribution in [2.75, 3.05) is 65.2 Å². The molecule has 0 heterocycles. The summed E-state index contributed by atoms with van der Waals surface area (Å²) in [5.74, 6) is 0. The minimum atomic E-state index is 0.201. The molecule has 0 aromatic heterocycles. The zero-order valence-electron chi connectivity index (χ0n) is 18.2. The van der Waals surface area contributed by atoms with Gasteiger partial charge >= 0.3 is 0 Å². The topological polar surface area (TPSA) is 40.2 Å². The smallest absolute Gasteiger partial charge is 0.0713 e. The second-order valence-electron chi connectivity index (χ2n) is 7.99. The second kappa shape index (κ2) is 13.1. The predicted octanol–water partition coefficient (Wildman–Crippen LogP) is 3.93. The van der Waals surface area contributed by atoms with Crippen LogP contribution < -0.4 is 4.90 Å². The Morgan fingerprint density at radius 2 is 1.44 bits per heavy atom. The van der Waals surface area contributed by atoms with Gasteiger partial charge in [0.25, 0.3) is 0 Å². The Morgan fingerprint density at radius 1 is 0.815 bits per heavy atom. The molecule has 0 aliphatic rings. The van der Waals surface area contributed by atoms with Gasteiger partial charge in [-0.15, -0.1) is 0 Å². The number of nitrogens with zero attached hydrogens (tertiary/aromatic N) is 1. The molecule has 5 nitrogen and oxygen atoms in total. The van der Waals surface area contributed by atoms with E-state index in [1.165, 1.54) is 16.8 Å². The monoisotopic (exact) mass is 381 g/mol. The van der Waals surface area contributed by atoms with Crippen LogP contribution >= 0.6 is 0 Å². The number of methoxy groups -OCH3 is 2. The van der Waals surface area contributed by atoms with Crippen LogP contribution in [0, 0.1) is 5.41 Å². The first kappa shape index (κ1) is 23.9. The molecule has 0 saturated heterocycles. The number of ether oxygens (including phenoxy) is 4. The summed E-state index contributed by atoms with van der Waals surface area (Å²) < 4.78 is 21.5. The lowest BCUT2D eigenvalue weighted by Gasteiger charge is -2.32. The first-order valence-electron chi connectivity index (χ1n) is 9.90. The predicted molar refractivity (Wildman–Crippen MR) is 112 cm³/mol. The van der Waals surface area contributed by atoms with E-state index in [4.69, 9.17) is 18.9 Å². The van der Waals surface area contributed by atoms with Gasteiger partial charge in [-0.05, 0) is 35.1 Å². The average Bonchev–Trinajstić information content (AvgIpc) is 2.62. The lowest BCUT2D eigenvalue weighted by Crippen LogP contribution is -2.35. The summed E-state index contributed by atoms with van der Waals surface area (Å²) in [4.78, 5) is 2.42. The molecule has 0 spiro atoms. The highest BCUT2D eigenvalue weighted by Crippen LogP contribution is 2.25. The molecule has 0 unspecified atom stereocenters. The normalized spacial score (nSPS) is 11.8. The van der Waals surface area contributed by atoms with Crippen LogP contribution in [0.25, 0.3) is 0 Å². The van der Waals surface area contributed by atoms with E-state index in [9.17, 15) is 0 Å². The lowest BCUT2D eigenvalue weighted by molar-refractivity contribution is 0.0263. The molecule has 0 radical (unpaired) electrons. The molecule has 0 bridgehead atoms. The van der Waals surface area contributed by atoms with Crippen molar-refractivity contribution in [1.82, 2.24) is 0 Å². The quantitative estimate of drug-likeness (QED) is 0.457. The van der Waals surface area contributed by atoms with Gasteiger partial charge in [0.2, 0.25) is 0 Å². The zero-order chi connectivity index (χ0) is 20.1. The van der Waals surface area contributed by atoms with Crippen LogP contribution in [0.3, 0.4) is 0 Å². The van der Waals surface area contributed by atoms with Crippen LogP contribution in [0.15, 0.2) is 18.2 Å². The summed E-state index contributed by atoms with van der Waals surface area (Å²) in [7, 11) is 3.42. The highest BCUT2D eigenvalue weighted by atomic mass is 16.5. The number of anilines is 1. The Kier molecular flexibility index (Phi) is 11.6. The van der Waals surface area contributed by atoms with Gasteiger partial charge in [-0.3, -0.25) is 0 Å². The van der Waals surface area contributed by atoms with Crippen molar-refractivity contribution < 1.29 is 18.9 Å². The van der Waals surface area contributed by atoms with Crippen LogP contribution in [0.1, 0.15) is 38.8 Å². The van der Waals surface area contributed by atoms with Crippen molar-refractivity contribution in [3.8, 4) is 0 Å². The molecule has 0 aliphatic heterocycles. The molecule has 0 N–H and O–H groups in total. The molecule has 5 heteroatoms. The average molecular weight is 382 g/mol. The van der Waals surface area contributed by atoms with E-state index in [2.05, 4.69) is 50.8 Å². The third kappa shape index (κ3) is 10.7. The molecule has 27 heavy (non-hydrogen) atoms. The maximum Gasteiger partial charge on any atom is 0.0713 e. The van der Waals surface area contributed by atoms with E-state index in [1.54, 1.807) is 14.2 Å². The standard InChI is InChI=1S/C22H39NO4/c1-7-19-14-20(17-25-6)16-21(15-19)23(18-22(2,3)4)8-9-26-12-13-27-11-10-24-5/h14-16H,7-13,17-18H2,1-6H3. The lowest BCUT2D eigenvalue weighted by atomic mass is 9.95. The molecule has 1 rings (SSSR count). The van der Waals surface area contributed by atoms with E-state index in [0.29, 0.717) is 39.6 Å². The molecule has 0 atom stereocenters. The molecule has 1 aromatic rings. The number of rotatable bonds is 14. The van der Waals surface area contributed by atoms with Crippen molar-refractivity contribution in [2.45, 2.75) is 40.7 Å². The summed E-state index contributed by atoms with van der Waals surface area (Å²) in [6, 6.07) is 6.76. The van der Waals surface area contributed by atoms with Crippen molar-refractivity contribution >= 4 is 5.69 Å². The van der Waals surface area contributed by atoms with E-state index < -0.39 is 0 Å². The Bertz CT molecular complexity index is 514. The van der Waals surface area contributed by atoms with Gasteiger partial charge in [-0.2, -0.15) is 0 Å². The van der Waals surface area contributed by atoms with Gasteiger partial charge in [0, 0.05) is 33.0 Å². The van der Waals surface area contributed by atoms with Gasteiger partial charge in [-0.1, -0.05) is 33.8 Å². The first-order valence-corrected chi connectivity index (χ1v) is 9.90. The summed E-state index contributed by atoms with van der Waals surface area (Å²) in [5, 5.41) is 0. The summed E-state index contributed by atoms with van der Waals surface area (Å²) >= 11 is 0. The van der Waals surface area contributed by atoms with E-state index >= 15 is 0 Å². The van der Waals surface area contributed by atoms with Crippen LogP contribution in [0.5, 0.6) is 0 Å². The minimum absolute atomic E-state index is 0.201. The fourth-order valence-corrected chi connectivity index (χ4v) is 2.89. The number of hydrogen-bond acceptors (Lipinski definition) is 5. The van der Waals surface area contributed by atoms with Crippen molar-refractivity contribution in [1.29, 1.82) is 0 Å². The van der Waals surface area contributed by atoms with Crippen LogP contribution in [-0.4, -0.2) is 60.3 Å². The maximum absolute atomic E-state index is 5.78. The van der Waals surface area contributed by atoms with Crippen LogP contribution in [0.4, 0.5) is 5.69 Å². The third-order valence-corrected chi connectivity index (χ3v) is 4.10. The summed E-state index contributed by atoms with van der Waals surface area (Å²) in [5.41, 5.74) is 4.01. The van der Waals surface area contributed by atoms with Crippen molar-refractivity contribution in [2.24, 2.45) is 5.41 Å². The fraction of sp³-hybridized carbons (Fsp3) is 0.727. The van der Waals surface area contributed by atoms with E-state index in [1.807, 2.05) is 0 Å². The van der Waals surface area contributed by atoms with E-state index in [-0.39, 0.29) is 5.41 Å². The molecule has 1 aromatic carbocycles. The molecule has 0 saturated carbocycles. The van der Waals surface area contributed by atoms with Gasteiger partial charge in [0.15, 0.2) is 0 Å². The molecular weight excluding hydrogens is 342 g/mol. The van der Waals surface area contributed by atoms with Crippen LogP contribution in [-0.2, 0) is 32.0 Å². The Hall–Kier alpha value is -1.14. The fourth-order valence-electron chi connectivity index (χ4n) is 2.89. The zero-order valence-corrected chi connectivity index (χ0v) is 18.2. The largest absolute Gasteiger partial charge is 0.382 e. The minimum Gasteiger partial charge on any atom is -0.382 e. The maximum atomic E-state index is 5.78. The van der Waals surface area contributed by atoms with Gasteiger partial charge in [0.05, 0.1) is 39.6 Å². The van der Waals surface area contributed by atoms with Crippen molar-refractivity contribution in [3.05, 3.63) is 29.3 Å². The molecule has 0 aliphatic carbocycles. The first-order chi connectivity index (χ1) is 12.9. The highest BCUT2D eigenvalue weighted by Gasteiger charge is 2.18. The Morgan fingerprint density at radius 3 is 2.04 bits per heavy atom. The Labute approximate surface area is 165 Å². The van der Waals surface area contributed by atoms with Gasteiger partial charge in [0.1, 0.15) is 0 Å². The SMILES string of the molecule is CCc1cc(COC)cc(N(CCOCCOCCOC)CC(C)(C)C)c1. The number of aryl methyl sites for hydroxylation is 1. The summed E-state index contributed by atoms with van der Waals surface area (Å²) in [6.07, 6.45) is 1.02. The van der Waals surface area contributed by atoms with Gasteiger partial charge < -0.3 is 23.8 Å². The Balaban J connectivity index is 2.67. The number of hydrogen-bond donors (Lipinski definition) is 0. The van der Waals surface area contributed by atoms with E-state index in [0.717, 1.165) is 19.5 Å². The molecule has 0 fully saturated rings. The van der Waals surface area contributed by atoms with Gasteiger partial charge in [-0.25, -0.2) is 0 Å². The summed E-state index contributed by atoms with van der Waals surface area (Å²) in [6.45, 7) is 14.6.